The van der Waals surface area contributed by atoms with Gasteiger partial charge in [-0.2, -0.15) is 0 Å². The van der Waals surface area contributed by atoms with E-state index in [2.05, 4.69) is 18.3 Å². The molecule has 1 aliphatic heterocycles. The molecule has 1 amide bonds. The van der Waals surface area contributed by atoms with Crippen molar-refractivity contribution in [2.75, 3.05) is 13.1 Å². The quantitative estimate of drug-likeness (QED) is 0.294. The summed E-state index contributed by atoms with van der Waals surface area (Å²) in [5.74, 6) is 0.117. The number of carbonyl (C=O) groups is 1. The van der Waals surface area contributed by atoms with E-state index < -0.39 is 0 Å². The van der Waals surface area contributed by atoms with Crippen molar-refractivity contribution < 1.29 is 9.53 Å². The summed E-state index contributed by atoms with van der Waals surface area (Å²) in [4.78, 5) is 11.6. The Bertz CT molecular complexity index is 318. The van der Waals surface area contributed by atoms with Gasteiger partial charge in [-0.25, -0.2) is 0 Å². The lowest BCUT2D eigenvalue weighted by Crippen LogP contribution is -2.23. The number of hydrogen-bond donors (Lipinski definition) is 2. The van der Waals surface area contributed by atoms with Crippen molar-refractivity contribution in [3.8, 4) is 0 Å². The Labute approximate surface area is 135 Å². The molecule has 2 atom stereocenters. The molecule has 0 saturated carbocycles. The van der Waals surface area contributed by atoms with Crippen LogP contribution in [0.4, 0.5) is 0 Å². The van der Waals surface area contributed by atoms with Crippen molar-refractivity contribution in [1.82, 2.24) is 5.32 Å². The maximum atomic E-state index is 11.6. The minimum Gasteiger partial charge on any atom is -0.369 e. The summed E-state index contributed by atoms with van der Waals surface area (Å²) in [5, 5.41) is 2.95. The van der Waals surface area contributed by atoms with Crippen molar-refractivity contribution in [2.45, 2.75) is 83.3 Å². The van der Waals surface area contributed by atoms with Crippen LogP contribution in [0.25, 0.3) is 0 Å². The number of hydrogen-bond acceptors (Lipinski definition) is 3. The molecule has 0 aliphatic carbocycles. The van der Waals surface area contributed by atoms with Gasteiger partial charge in [-0.3, -0.25) is 4.79 Å². The van der Waals surface area contributed by atoms with Gasteiger partial charge in [-0.05, 0) is 32.2 Å². The monoisotopic (exact) mass is 310 g/mol. The minimum atomic E-state index is 0.117. The Morgan fingerprint density at radius 3 is 2.68 bits per heavy atom. The first-order valence-corrected chi connectivity index (χ1v) is 9.05. The van der Waals surface area contributed by atoms with Crippen LogP contribution < -0.4 is 11.1 Å². The van der Waals surface area contributed by atoms with E-state index in [1.54, 1.807) is 0 Å². The molecule has 1 aliphatic rings. The zero-order valence-corrected chi connectivity index (χ0v) is 14.2. The molecule has 0 aromatic heterocycles. The molecule has 128 valence electrons. The molecule has 0 radical (unpaired) electrons. The third-order valence-electron chi connectivity index (χ3n) is 4.07. The normalized spacial score (nSPS) is 20.5. The zero-order valence-electron chi connectivity index (χ0n) is 14.2. The smallest absolute Gasteiger partial charge is 0.223 e. The maximum Gasteiger partial charge on any atom is 0.223 e. The highest BCUT2D eigenvalue weighted by molar-refractivity contribution is 5.77. The predicted molar refractivity (Wildman–Crippen MR) is 91.7 cm³/mol. The molecule has 4 heteroatoms. The minimum absolute atomic E-state index is 0.117. The Morgan fingerprint density at radius 2 is 1.91 bits per heavy atom. The summed E-state index contributed by atoms with van der Waals surface area (Å²) in [5.41, 5.74) is 5.44. The van der Waals surface area contributed by atoms with E-state index in [4.69, 9.17) is 10.5 Å². The second-order valence-electron chi connectivity index (χ2n) is 6.17. The third-order valence-corrected chi connectivity index (χ3v) is 4.07. The van der Waals surface area contributed by atoms with Gasteiger partial charge in [0.1, 0.15) is 0 Å². The number of nitrogens with two attached hydrogens (primary N) is 1. The topological polar surface area (TPSA) is 67.7 Å². The third kappa shape index (κ3) is 9.96. The summed E-state index contributed by atoms with van der Waals surface area (Å²) in [6.07, 6.45) is 15.8. The fourth-order valence-corrected chi connectivity index (χ4v) is 2.58. The van der Waals surface area contributed by atoms with Gasteiger partial charge < -0.3 is 15.8 Å². The van der Waals surface area contributed by atoms with Crippen LogP contribution in [0, 0.1) is 0 Å². The van der Waals surface area contributed by atoms with Gasteiger partial charge in [0, 0.05) is 13.0 Å². The van der Waals surface area contributed by atoms with Gasteiger partial charge in [-0.1, -0.05) is 51.2 Å². The van der Waals surface area contributed by atoms with E-state index in [1.807, 2.05) is 6.08 Å². The van der Waals surface area contributed by atoms with E-state index >= 15 is 0 Å². The number of ether oxygens (including phenoxy) is 1. The molecule has 22 heavy (non-hydrogen) atoms. The number of carbonyl (C=O) groups excluding carboxylic acids is 1. The van der Waals surface area contributed by atoms with Gasteiger partial charge in [0.05, 0.1) is 12.2 Å². The standard InChI is InChI=1S/C18H34N2O2/c1-2-3-6-11-16-17(22-16)12-7-8-13-18(21)20-15-10-5-4-9-14-19/h7-8,16-17H,2-6,9-15,19H2,1H3,(H,20,21)/b8-7+. The number of nitrogens with one attached hydrogen (secondary N) is 1. The highest BCUT2D eigenvalue weighted by Gasteiger charge is 2.36. The number of rotatable bonds is 14. The van der Waals surface area contributed by atoms with E-state index in [0.717, 1.165) is 45.2 Å². The van der Waals surface area contributed by atoms with E-state index in [0.29, 0.717) is 18.6 Å². The lowest BCUT2D eigenvalue weighted by atomic mass is 10.1. The molecule has 1 saturated heterocycles. The van der Waals surface area contributed by atoms with Crippen LogP contribution in [0.1, 0.15) is 71.1 Å². The SMILES string of the molecule is CCCCCC1OC1C/C=C/CC(=O)NCCCCCCN. The second-order valence-corrected chi connectivity index (χ2v) is 6.17. The van der Waals surface area contributed by atoms with Crippen molar-refractivity contribution >= 4 is 5.91 Å². The van der Waals surface area contributed by atoms with Crippen LogP contribution in [0.5, 0.6) is 0 Å². The molecule has 2 unspecified atom stereocenters. The summed E-state index contributed by atoms with van der Waals surface area (Å²) >= 11 is 0. The van der Waals surface area contributed by atoms with E-state index in [1.165, 1.54) is 25.7 Å². The molecule has 0 spiro atoms. The van der Waals surface area contributed by atoms with Crippen LogP contribution in [-0.2, 0) is 9.53 Å². The Kier molecular flexibility index (Phi) is 11.0. The highest BCUT2D eigenvalue weighted by atomic mass is 16.6. The Morgan fingerprint density at radius 1 is 1.09 bits per heavy atom. The molecule has 0 aromatic rings. The molecule has 0 bridgehead atoms. The highest BCUT2D eigenvalue weighted by Crippen LogP contribution is 2.30. The molecule has 1 rings (SSSR count). The Balaban J connectivity index is 1.90. The molecule has 3 N–H and O–H groups in total. The average Bonchev–Trinajstić information content (AvgIpc) is 3.26. The number of amides is 1. The van der Waals surface area contributed by atoms with Gasteiger partial charge in [-0.15, -0.1) is 0 Å². The molecule has 1 heterocycles. The number of epoxide rings is 1. The summed E-state index contributed by atoms with van der Waals surface area (Å²) in [6.45, 7) is 3.77. The van der Waals surface area contributed by atoms with Gasteiger partial charge in [0.15, 0.2) is 0 Å². The lowest BCUT2D eigenvalue weighted by Gasteiger charge is -2.03. The van der Waals surface area contributed by atoms with Crippen LogP contribution >= 0.6 is 0 Å². The van der Waals surface area contributed by atoms with Crippen LogP contribution in [0.3, 0.4) is 0 Å². The summed E-state index contributed by atoms with van der Waals surface area (Å²) in [7, 11) is 0. The first-order valence-electron chi connectivity index (χ1n) is 9.05. The fourth-order valence-electron chi connectivity index (χ4n) is 2.58. The second kappa shape index (κ2) is 12.7. The van der Waals surface area contributed by atoms with Crippen LogP contribution in [0.15, 0.2) is 12.2 Å². The summed E-state index contributed by atoms with van der Waals surface area (Å²) in [6, 6.07) is 0. The maximum absolute atomic E-state index is 11.6. The molecule has 1 fully saturated rings. The zero-order chi connectivity index (χ0) is 16.0. The van der Waals surface area contributed by atoms with Crippen LogP contribution in [-0.4, -0.2) is 31.2 Å². The molecule has 4 nitrogen and oxygen atoms in total. The first-order chi connectivity index (χ1) is 10.8. The van der Waals surface area contributed by atoms with Crippen molar-refractivity contribution in [3.05, 3.63) is 12.2 Å². The van der Waals surface area contributed by atoms with Crippen molar-refractivity contribution in [3.63, 3.8) is 0 Å². The largest absolute Gasteiger partial charge is 0.369 e. The Hall–Kier alpha value is -0.870. The molecular formula is C18H34N2O2. The van der Waals surface area contributed by atoms with Crippen molar-refractivity contribution in [2.24, 2.45) is 5.73 Å². The van der Waals surface area contributed by atoms with E-state index in [-0.39, 0.29) is 5.91 Å². The fraction of sp³-hybridized carbons (Fsp3) is 0.833. The van der Waals surface area contributed by atoms with E-state index in [9.17, 15) is 4.79 Å². The first kappa shape index (κ1) is 19.2. The van der Waals surface area contributed by atoms with Crippen LogP contribution in [0.2, 0.25) is 0 Å². The predicted octanol–water partition coefficient (Wildman–Crippen LogP) is 3.31. The van der Waals surface area contributed by atoms with Gasteiger partial charge in [0.2, 0.25) is 5.91 Å². The average molecular weight is 310 g/mol. The van der Waals surface area contributed by atoms with Crippen molar-refractivity contribution in [1.29, 1.82) is 0 Å². The van der Waals surface area contributed by atoms with Gasteiger partial charge in [0.25, 0.3) is 0 Å². The number of unbranched alkanes of at least 4 members (excludes halogenated alkanes) is 5. The summed E-state index contributed by atoms with van der Waals surface area (Å²) < 4.78 is 5.62. The molecular weight excluding hydrogens is 276 g/mol. The lowest BCUT2D eigenvalue weighted by molar-refractivity contribution is -0.120. The molecule has 0 aromatic carbocycles. The van der Waals surface area contributed by atoms with Gasteiger partial charge >= 0.3 is 0 Å².